The van der Waals surface area contributed by atoms with Crippen LogP contribution >= 0.6 is 28.3 Å². The van der Waals surface area contributed by atoms with Crippen molar-refractivity contribution in [2.24, 2.45) is 0 Å². The minimum Gasteiger partial charge on any atom is -0.377 e. The third-order valence-corrected chi connectivity index (χ3v) is 3.96. The highest BCUT2D eigenvalue weighted by Gasteiger charge is 2.16. The van der Waals surface area contributed by atoms with Crippen molar-refractivity contribution < 1.29 is 9.53 Å². The van der Waals surface area contributed by atoms with Gasteiger partial charge in [0.25, 0.3) is 0 Å². The van der Waals surface area contributed by atoms with Gasteiger partial charge in [-0.05, 0) is 30.5 Å². The first-order valence-corrected chi connectivity index (χ1v) is 7.75. The number of hydrogen-bond donors (Lipinski definition) is 1. The van der Waals surface area contributed by atoms with E-state index in [4.69, 9.17) is 4.74 Å². The molecule has 0 spiro atoms. The standard InChI is InChI=1S/C15H21BrN2O2.ClH/c1-18(11-12-4-6-13(16)7-5-12)15(19)10-17-9-14-3-2-8-20-14;/h4-7,14,17H,2-3,8-11H2,1H3;1H. The molecule has 0 bridgehead atoms. The van der Waals surface area contributed by atoms with Crippen molar-refractivity contribution in [3.63, 3.8) is 0 Å². The summed E-state index contributed by atoms with van der Waals surface area (Å²) in [6.07, 6.45) is 2.50. The second kappa shape index (κ2) is 9.41. The fourth-order valence-corrected chi connectivity index (χ4v) is 2.50. The van der Waals surface area contributed by atoms with Crippen molar-refractivity contribution in [1.82, 2.24) is 10.2 Å². The maximum Gasteiger partial charge on any atom is 0.236 e. The first-order chi connectivity index (χ1) is 9.65. The molecule has 0 saturated carbocycles. The lowest BCUT2D eigenvalue weighted by Gasteiger charge is -2.18. The Morgan fingerprint density at radius 2 is 2.14 bits per heavy atom. The zero-order valence-electron chi connectivity index (χ0n) is 12.2. The number of hydrogen-bond acceptors (Lipinski definition) is 3. The highest BCUT2D eigenvalue weighted by molar-refractivity contribution is 9.10. The number of ether oxygens (including phenoxy) is 1. The first kappa shape index (κ1) is 18.4. The Balaban J connectivity index is 0.00000220. The van der Waals surface area contributed by atoms with Crippen molar-refractivity contribution in [2.45, 2.75) is 25.5 Å². The van der Waals surface area contributed by atoms with Gasteiger partial charge in [0.05, 0.1) is 12.6 Å². The molecule has 0 aromatic heterocycles. The van der Waals surface area contributed by atoms with Gasteiger partial charge in [-0.1, -0.05) is 28.1 Å². The lowest BCUT2D eigenvalue weighted by atomic mass is 10.2. The van der Waals surface area contributed by atoms with Gasteiger partial charge in [0.2, 0.25) is 5.91 Å². The minimum absolute atomic E-state index is 0. The van der Waals surface area contributed by atoms with Crippen molar-refractivity contribution in [2.75, 3.05) is 26.7 Å². The largest absolute Gasteiger partial charge is 0.377 e. The molecular formula is C15H22BrClN2O2. The normalized spacial score (nSPS) is 17.3. The van der Waals surface area contributed by atoms with Crippen molar-refractivity contribution >= 4 is 34.2 Å². The summed E-state index contributed by atoms with van der Waals surface area (Å²) in [6, 6.07) is 8.02. The zero-order valence-corrected chi connectivity index (χ0v) is 14.6. The molecule has 0 aliphatic carbocycles. The average molecular weight is 378 g/mol. The van der Waals surface area contributed by atoms with Crippen LogP contribution in [0.2, 0.25) is 0 Å². The van der Waals surface area contributed by atoms with Crippen LogP contribution in [0.3, 0.4) is 0 Å². The van der Waals surface area contributed by atoms with E-state index in [0.717, 1.165) is 36.0 Å². The van der Waals surface area contributed by atoms with Crippen LogP contribution in [0.1, 0.15) is 18.4 Å². The van der Waals surface area contributed by atoms with Crippen LogP contribution in [0.5, 0.6) is 0 Å². The van der Waals surface area contributed by atoms with Crippen LogP contribution in [-0.4, -0.2) is 43.7 Å². The molecule has 1 N–H and O–H groups in total. The van der Waals surface area contributed by atoms with Crippen LogP contribution in [0.25, 0.3) is 0 Å². The van der Waals surface area contributed by atoms with E-state index in [1.54, 1.807) is 4.90 Å². The van der Waals surface area contributed by atoms with E-state index in [1.165, 1.54) is 0 Å². The lowest BCUT2D eigenvalue weighted by Crippen LogP contribution is -2.38. The quantitative estimate of drug-likeness (QED) is 0.828. The Morgan fingerprint density at radius 1 is 1.43 bits per heavy atom. The van der Waals surface area contributed by atoms with Crippen LogP contribution in [0, 0.1) is 0 Å². The second-order valence-corrected chi connectivity index (χ2v) is 6.06. The Labute approximate surface area is 140 Å². The van der Waals surface area contributed by atoms with Gasteiger partial charge in [0, 0.05) is 31.2 Å². The number of amides is 1. The van der Waals surface area contributed by atoms with E-state index >= 15 is 0 Å². The summed E-state index contributed by atoms with van der Waals surface area (Å²) >= 11 is 3.40. The number of carbonyl (C=O) groups excluding carboxylic acids is 1. The van der Waals surface area contributed by atoms with Gasteiger partial charge in [-0.15, -0.1) is 12.4 Å². The molecule has 1 aliphatic heterocycles. The number of likely N-dealkylation sites (N-methyl/N-ethyl adjacent to an activating group) is 1. The van der Waals surface area contributed by atoms with Gasteiger partial charge in [-0.3, -0.25) is 4.79 Å². The molecule has 0 radical (unpaired) electrons. The van der Waals surface area contributed by atoms with E-state index in [0.29, 0.717) is 13.1 Å². The minimum atomic E-state index is 0. The van der Waals surface area contributed by atoms with Gasteiger partial charge in [-0.2, -0.15) is 0 Å². The molecule has 6 heteroatoms. The summed E-state index contributed by atoms with van der Waals surface area (Å²) in [4.78, 5) is 13.7. The summed E-state index contributed by atoms with van der Waals surface area (Å²) in [7, 11) is 1.83. The molecule has 1 fully saturated rings. The molecule has 2 rings (SSSR count). The molecule has 1 heterocycles. The topological polar surface area (TPSA) is 41.6 Å². The summed E-state index contributed by atoms with van der Waals surface area (Å²) < 4.78 is 6.56. The Bertz CT molecular complexity index is 436. The van der Waals surface area contributed by atoms with Crippen molar-refractivity contribution in [3.05, 3.63) is 34.3 Å². The van der Waals surface area contributed by atoms with E-state index in [9.17, 15) is 4.79 Å². The SMILES string of the molecule is CN(Cc1ccc(Br)cc1)C(=O)CNCC1CCCO1.Cl. The number of nitrogens with one attached hydrogen (secondary N) is 1. The molecule has 1 unspecified atom stereocenters. The molecule has 4 nitrogen and oxygen atoms in total. The van der Waals surface area contributed by atoms with Crippen molar-refractivity contribution in [1.29, 1.82) is 0 Å². The van der Waals surface area contributed by atoms with Gasteiger partial charge in [-0.25, -0.2) is 0 Å². The third kappa shape index (κ3) is 6.34. The summed E-state index contributed by atoms with van der Waals surface area (Å²) in [6.45, 7) is 2.61. The van der Waals surface area contributed by atoms with Crippen LogP contribution in [-0.2, 0) is 16.1 Å². The van der Waals surface area contributed by atoms with Gasteiger partial charge < -0.3 is 15.0 Å². The summed E-state index contributed by atoms with van der Waals surface area (Å²) in [5, 5.41) is 3.18. The Kier molecular flexibility index (Phi) is 8.26. The second-order valence-electron chi connectivity index (χ2n) is 5.14. The van der Waals surface area contributed by atoms with Crippen LogP contribution < -0.4 is 5.32 Å². The predicted octanol–water partition coefficient (Wildman–Crippen LogP) is 2.60. The summed E-state index contributed by atoms with van der Waals surface area (Å²) in [5.74, 6) is 0.103. The Morgan fingerprint density at radius 3 is 2.76 bits per heavy atom. The molecule has 1 atom stereocenters. The van der Waals surface area contributed by atoms with Gasteiger partial charge in [0.1, 0.15) is 0 Å². The highest BCUT2D eigenvalue weighted by atomic mass is 79.9. The number of halogens is 2. The number of carbonyl (C=O) groups is 1. The molecule has 1 amide bonds. The maximum absolute atomic E-state index is 12.0. The molecule has 118 valence electrons. The Hall–Kier alpha value is -0.620. The fourth-order valence-electron chi connectivity index (χ4n) is 2.23. The molecule has 1 aromatic rings. The fraction of sp³-hybridized carbons (Fsp3) is 0.533. The lowest BCUT2D eigenvalue weighted by molar-refractivity contribution is -0.129. The third-order valence-electron chi connectivity index (χ3n) is 3.43. The van der Waals surface area contributed by atoms with Crippen molar-refractivity contribution in [3.8, 4) is 0 Å². The van der Waals surface area contributed by atoms with E-state index in [-0.39, 0.29) is 24.4 Å². The van der Waals surface area contributed by atoms with Gasteiger partial charge in [0.15, 0.2) is 0 Å². The molecular weight excluding hydrogens is 356 g/mol. The van der Waals surface area contributed by atoms with Crippen LogP contribution in [0.15, 0.2) is 28.7 Å². The molecule has 21 heavy (non-hydrogen) atoms. The van der Waals surface area contributed by atoms with E-state index in [2.05, 4.69) is 21.2 Å². The molecule has 1 aliphatic rings. The number of nitrogens with zero attached hydrogens (tertiary/aromatic N) is 1. The predicted molar refractivity (Wildman–Crippen MR) is 89.7 cm³/mol. The van der Waals surface area contributed by atoms with Gasteiger partial charge >= 0.3 is 0 Å². The average Bonchev–Trinajstić information content (AvgIpc) is 2.94. The van der Waals surface area contributed by atoms with E-state index in [1.807, 2.05) is 31.3 Å². The first-order valence-electron chi connectivity index (χ1n) is 6.96. The van der Waals surface area contributed by atoms with Crippen LogP contribution in [0.4, 0.5) is 0 Å². The smallest absolute Gasteiger partial charge is 0.236 e. The highest BCUT2D eigenvalue weighted by Crippen LogP contribution is 2.12. The monoisotopic (exact) mass is 376 g/mol. The van der Waals surface area contributed by atoms with E-state index < -0.39 is 0 Å². The molecule has 1 saturated heterocycles. The number of rotatable bonds is 6. The molecule has 1 aromatic carbocycles. The number of benzene rings is 1. The zero-order chi connectivity index (χ0) is 14.4. The maximum atomic E-state index is 12.0. The summed E-state index contributed by atoms with van der Waals surface area (Å²) in [5.41, 5.74) is 1.13.